The minimum absolute atomic E-state index is 1.20. The number of hydrogen-bond acceptors (Lipinski definition) is 0. The first-order chi connectivity index (χ1) is 15.8. The van der Waals surface area contributed by atoms with Gasteiger partial charge in [0, 0.05) is 16.5 Å². The highest BCUT2D eigenvalue weighted by atomic mass is 15.0. The lowest BCUT2D eigenvalue weighted by atomic mass is 9.94. The fourth-order valence-corrected chi connectivity index (χ4v) is 5.40. The quantitative estimate of drug-likeness (QED) is 0.240. The van der Waals surface area contributed by atoms with E-state index in [0.29, 0.717) is 0 Å². The fraction of sp³-hybridized carbons (Fsp3) is 0.0323. The van der Waals surface area contributed by atoms with Gasteiger partial charge < -0.3 is 4.57 Å². The number of hydrogen-bond donors (Lipinski definition) is 0. The van der Waals surface area contributed by atoms with E-state index in [1.165, 1.54) is 65.4 Å². The second-order valence-corrected chi connectivity index (χ2v) is 8.69. The van der Waals surface area contributed by atoms with E-state index in [0.717, 1.165) is 0 Å². The predicted octanol–water partition coefficient (Wildman–Crippen LogP) is 8.55. The van der Waals surface area contributed by atoms with E-state index in [1.807, 2.05) is 0 Å². The van der Waals surface area contributed by atoms with Gasteiger partial charge in [0.15, 0.2) is 0 Å². The summed E-state index contributed by atoms with van der Waals surface area (Å²) in [5, 5.41) is 10.5. The Kier molecular flexibility index (Phi) is 3.54. The molecule has 0 spiro atoms. The van der Waals surface area contributed by atoms with Gasteiger partial charge in [0.25, 0.3) is 0 Å². The molecule has 0 saturated heterocycles. The third-order valence-electron chi connectivity index (χ3n) is 6.81. The second kappa shape index (κ2) is 6.45. The summed E-state index contributed by atoms with van der Waals surface area (Å²) in [5.41, 5.74) is 4.99. The molecule has 1 nitrogen and oxygen atoms in total. The van der Waals surface area contributed by atoms with Crippen LogP contribution in [0.1, 0.15) is 5.56 Å². The lowest BCUT2D eigenvalue weighted by Crippen LogP contribution is -1.94. The third-order valence-corrected chi connectivity index (χ3v) is 6.81. The van der Waals surface area contributed by atoms with Gasteiger partial charge in [-0.3, -0.25) is 0 Å². The van der Waals surface area contributed by atoms with Gasteiger partial charge in [0.2, 0.25) is 0 Å². The zero-order valence-electron chi connectivity index (χ0n) is 17.8. The van der Waals surface area contributed by atoms with Gasteiger partial charge in [-0.2, -0.15) is 0 Å². The summed E-state index contributed by atoms with van der Waals surface area (Å²) in [6.45, 7) is 2.17. The molecular formula is C31H21N. The molecule has 0 atom stereocenters. The third kappa shape index (κ3) is 2.34. The summed E-state index contributed by atoms with van der Waals surface area (Å²) in [6.07, 6.45) is 0. The number of nitrogens with zero attached hydrogens (tertiary/aromatic N) is 1. The van der Waals surface area contributed by atoms with Crippen molar-refractivity contribution in [3.63, 3.8) is 0 Å². The number of rotatable bonds is 1. The predicted molar refractivity (Wildman–Crippen MR) is 138 cm³/mol. The minimum atomic E-state index is 1.20. The van der Waals surface area contributed by atoms with E-state index in [1.54, 1.807) is 0 Å². The number of aryl methyl sites for hydroxylation is 1. The molecule has 0 unspecified atom stereocenters. The van der Waals surface area contributed by atoms with E-state index >= 15 is 0 Å². The van der Waals surface area contributed by atoms with Crippen LogP contribution in [0.4, 0.5) is 0 Å². The molecule has 0 aliphatic heterocycles. The van der Waals surface area contributed by atoms with Crippen molar-refractivity contribution in [2.45, 2.75) is 6.92 Å². The van der Waals surface area contributed by atoms with Crippen LogP contribution in [-0.4, -0.2) is 4.57 Å². The van der Waals surface area contributed by atoms with E-state index in [2.05, 4.69) is 121 Å². The zero-order valence-corrected chi connectivity index (χ0v) is 17.8. The molecule has 1 heteroatoms. The van der Waals surface area contributed by atoms with Gasteiger partial charge >= 0.3 is 0 Å². The normalized spacial score (nSPS) is 11.9. The Morgan fingerprint density at radius 1 is 0.406 bits per heavy atom. The molecular weight excluding hydrogens is 386 g/mol. The molecule has 1 heterocycles. The SMILES string of the molecule is Cc1ccc2c(c1)c1ccccc1n2-c1ccc2c3ccccc3c3ccccc3c2c1. The Bertz CT molecular complexity index is 1800. The summed E-state index contributed by atoms with van der Waals surface area (Å²) in [7, 11) is 0. The van der Waals surface area contributed by atoms with E-state index in [9.17, 15) is 0 Å². The highest BCUT2D eigenvalue weighted by Gasteiger charge is 2.14. The van der Waals surface area contributed by atoms with Crippen LogP contribution in [0.3, 0.4) is 0 Å². The maximum atomic E-state index is 2.41. The largest absolute Gasteiger partial charge is 0.309 e. The Hall–Kier alpha value is -4.10. The Labute approximate surface area is 186 Å². The highest BCUT2D eigenvalue weighted by molar-refractivity contribution is 6.25. The number of aromatic nitrogens is 1. The monoisotopic (exact) mass is 407 g/mol. The minimum Gasteiger partial charge on any atom is -0.309 e. The van der Waals surface area contributed by atoms with Crippen molar-refractivity contribution >= 4 is 54.1 Å². The molecule has 0 bridgehead atoms. The van der Waals surface area contributed by atoms with Gasteiger partial charge in [-0.25, -0.2) is 0 Å². The number of fused-ring (bicyclic) bond motifs is 9. The standard InChI is InChI=1S/C31H21N/c1-20-14-17-31-29(18-20)27-12-6-7-13-30(27)32(31)21-15-16-26-24-10-3-2-8-22(24)23-9-4-5-11-25(23)28(26)19-21/h2-19H,1H3. The van der Waals surface area contributed by atoms with Crippen LogP contribution in [0.25, 0.3) is 59.8 Å². The van der Waals surface area contributed by atoms with Crippen molar-refractivity contribution < 1.29 is 0 Å². The Morgan fingerprint density at radius 3 is 1.62 bits per heavy atom. The van der Waals surface area contributed by atoms with E-state index in [4.69, 9.17) is 0 Å². The molecule has 7 rings (SSSR count). The van der Waals surface area contributed by atoms with Crippen LogP contribution < -0.4 is 0 Å². The van der Waals surface area contributed by atoms with Crippen LogP contribution >= 0.6 is 0 Å². The topological polar surface area (TPSA) is 4.93 Å². The van der Waals surface area contributed by atoms with Crippen LogP contribution in [0.15, 0.2) is 109 Å². The molecule has 0 saturated carbocycles. The van der Waals surface area contributed by atoms with E-state index in [-0.39, 0.29) is 0 Å². The summed E-state index contributed by atoms with van der Waals surface area (Å²) in [5.74, 6) is 0. The highest BCUT2D eigenvalue weighted by Crippen LogP contribution is 2.38. The Balaban J connectivity index is 1.65. The van der Waals surface area contributed by atoms with Crippen molar-refractivity contribution in [1.29, 1.82) is 0 Å². The summed E-state index contributed by atoms with van der Waals surface area (Å²) >= 11 is 0. The maximum absolute atomic E-state index is 2.41. The van der Waals surface area contributed by atoms with Crippen LogP contribution in [0.5, 0.6) is 0 Å². The number of para-hydroxylation sites is 1. The van der Waals surface area contributed by atoms with Crippen molar-refractivity contribution in [3.8, 4) is 5.69 Å². The van der Waals surface area contributed by atoms with Gasteiger partial charge in [-0.05, 0) is 69.6 Å². The van der Waals surface area contributed by atoms with Crippen molar-refractivity contribution in [3.05, 3.63) is 115 Å². The molecule has 0 amide bonds. The van der Waals surface area contributed by atoms with Gasteiger partial charge in [-0.1, -0.05) is 84.4 Å². The zero-order chi connectivity index (χ0) is 21.2. The first kappa shape index (κ1) is 17.6. The number of benzene rings is 6. The van der Waals surface area contributed by atoms with Crippen molar-refractivity contribution in [2.75, 3.05) is 0 Å². The molecule has 0 N–H and O–H groups in total. The molecule has 150 valence electrons. The average molecular weight is 408 g/mol. The molecule has 1 aromatic heterocycles. The smallest absolute Gasteiger partial charge is 0.0541 e. The molecule has 32 heavy (non-hydrogen) atoms. The van der Waals surface area contributed by atoms with Crippen LogP contribution in [0, 0.1) is 6.92 Å². The first-order valence-electron chi connectivity index (χ1n) is 11.1. The lowest BCUT2D eigenvalue weighted by molar-refractivity contribution is 1.19. The summed E-state index contributed by atoms with van der Waals surface area (Å²) in [4.78, 5) is 0. The summed E-state index contributed by atoms with van der Waals surface area (Å²) < 4.78 is 2.41. The van der Waals surface area contributed by atoms with Gasteiger partial charge in [0.1, 0.15) is 0 Å². The van der Waals surface area contributed by atoms with Crippen molar-refractivity contribution in [1.82, 2.24) is 4.57 Å². The average Bonchev–Trinajstić information content (AvgIpc) is 3.17. The van der Waals surface area contributed by atoms with Crippen LogP contribution in [0.2, 0.25) is 0 Å². The lowest BCUT2D eigenvalue weighted by Gasteiger charge is -2.13. The molecule has 0 aliphatic rings. The van der Waals surface area contributed by atoms with Gasteiger partial charge in [0.05, 0.1) is 11.0 Å². The fourth-order valence-electron chi connectivity index (χ4n) is 5.40. The first-order valence-corrected chi connectivity index (χ1v) is 11.1. The molecule has 0 aliphatic carbocycles. The molecule has 7 aromatic rings. The Morgan fingerprint density at radius 2 is 0.938 bits per heavy atom. The molecule has 0 radical (unpaired) electrons. The van der Waals surface area contributed by atoms with Crippen LogP contribution in [-0.2, 0) is 0 Å². The maximum Gasteiger partial charge on any atom is 0.0541 e. The summed E-state index contributed by atoms with van der Waals surface area (Å²) in [6, 6.07) is 40.0. The van der Waals surface area contributed by atoms with E-state index < -0.39 is 0 Å². The van der Waals surface area contributed by atoms with Gasteiger partial charge in [-0.15, -0.1) is 0 Å². The molecule has 6 aromatic carbocycles. The second-order valence-electron chi connectivity index (χ2n) is 8.69. The molecule has 0 fully saturated rings. The van der Waals surface area contributed by atoms with Crippen molar-refractivity contribution in [2.24, 2.45) is 0 Å².